The van der Waals surface area contributed by atoms with Gasteiger partial charge in [0.2, 0.25) is 5.91 Å². The van der Waals surface area contributed by atoms with Gasteiger partial charge in [0, 0.05) is 19.6 Å². The van der Waals surface area contributed by atoms with Crippen LogP contribution < -0.4 is 5.32 Å². The Morgan fingerprint density at radius 3 is 2.50 bits per heavy atom. The minimum absolute atomic E-state index is 0.0209. The summed E-state index contributed by atoms with van der Waals surface area (Å²) in [5.41, 5.74) is -0.676. The van der Waals surface area contributed by atoms with Crippen molar-refractivity contribution in [2.45, 2.75) is 57.0 Å². The lowest BCUT2D eigenvalue weighted by Gasteiger charge is -2.32. The van der Waals surface area contributed by atoms with E-state index in [0.29, 0.717) is 25.8 Å². The van der Waals surface area contributed by atoms with Crippen LogP contribution in [0.2, 0.25) is 0 Å². The van der Waals surface area contributed by atoms with Crippen molar-refractivity contribution in [2.24, 2.45) is 0 Å². The van der Waals surface area contributed by atoms with Crippen LogP contribution in [0.3, 0.4) is 0 Å². The molecular weight excluding hydrogens is 206 g/mol. The van der Waals surface area contributed by atoms with Gasteiger partial charge in [0.25, 0.3) is 0 Å². The average molecular weight is 229 g/mol. The Bertz CT molecular complexity index is 212. The number of rotatable bonds is 6. The normalized spacial score (nSPS) is 19.4. The molecule has 0 heterocycles. The van der Waals surface area contributed by atoms with E-state index in [-0.39, 0.29) is 12.5 Å². The number of nitrogens with one attached hydrogen (secondary N) is 1. The molecule has 0 aliphatic heterocycles. The lowest BCUT2D eigenvalue weighted by atomic mass is 9.85. The second-order valence-corrected chi connectivity index (χ2v) is 4.74. The molecule has 1 amide bonds. The summed E-state index contributed by atoms with van der Waals surface area (Å²) in [6.07, 6.45) is 6.70. The van der Waals surface area contributed by atoms with Crippen molar-refractivity contribution in [3.05, 3.63) is 0 Å². The summed E-state index contributed by atoms with van der Waals surface area (Å²) in [5.74, 6) is -0.0209. The van der Waals surface area contributed by atoms with Crippen molar-refractivity contribution in [3.63, 3.8) is 0 Å². The van der Waals surface area contributed by atoms with Crippen LogP contribution in [0.1, 0.15) is 51.4 Å². The third kappa shape index (κ3) is 4.94. The topological polar surface area (TPSA) is 69.6 Å². The molecule has 0 aromatic heterocycles. The fraction of sp³-hybridized carbons (Fsp3) is 0.917. The summed E-state index contributed by atoms with van der Waals surface area (Å²) >= 11 is 0. The summed E-state index contributed by atoms with van der Waals surface area (Å²) in [5, 5.41) is 21.5. The second-order valence-electron chi connectivity index (χ2n) is 4.74. The van der Waals surface area contributed by atoms with E-state index in [1.165, 1.54) is 6.42 Å². The van der Waals surface area contributed by atoms with Gasteiger partial charge in [-0.1, -0.05) is 19.3 Å². The van der Waals surface area contributed by atoms with Crippen LogP contribution in [0.15, 0.2) is 0 Å². The van der Waals surface area contributed by atoms with Gasteiger partial charge >= 0.3 is 0 Å². The summed E-state index contributed by atoms with van der Waals surface area (Å²) in [4.78, 5) is 11.4. The zero-order valence-electron chi connectivity index (χ0n) is 9.87. The number of amides is 1. The number of hydrogen-bond acceptors (Lipinski definition) is 3. The molecule has 1 aliphatic carbocycles. The van der Waals surface area contributed by atoms with E-state index in [2.05, 4.69) is 5.32 Å². The first-order valence-electron chi connectivity index (χ1n) is 6.26. The first kappa shape index (κ1) is 13.5. The second kappa shape index (κ2) is 6.86. The molecule has 4 heteroatoms. The molecule has 0 aromatic rings. The van der Waals surface area contributed by atoms with Crippen LogP contribution in [0.4, 0.5) is 0 Å². The monoisotopic (exact) mass is 229 g/mol. The van der Waals surface area contributed by atoms with Crippen molar-refractivity contribution in [2.75, 3.05) is 13.2 Å². The van der Waals surface area contributed by atoms with Crippen LogP contribution >= 0.6 is 0 Å². The van der Waals surface area contributed by atoms with Crippen LogP contribution in [-0.4, -0.2) is 34.9 Å². The zero-order chi connectivity index (χ0) is 11.9. The van der Waals surface area contributed by atoms with Crippen LogP contribution in [0.25, 0.3) is 0 Å². The van der Waals surface area contributed by atoms with Gasteiger partial charge in [0.15, 0.2) is 0 Å². The summed E-state index contributed by atoms with van der Waals surface area (Å²) in [6.45, 7) is 0.516. The van der Waals surface area contributed by atoms with E-state index in [0.717, 1.165) is 25.7 Å². The first-order chi connectivity index (χ1) is 7.66. The van der Waals surface area contributed by atoms with Gasteiger partial charge in [-0.2, -0.15) is 0 Å². The fourth-order valence-electron chi connectivity index (χ4n) is 2.14. The van der Waals surface area contributed by atoms with Crippen molar-refractivity contribution < 1.29 is 15.0 Å². The van der Waals surface area contributed by atoms with E-state index in [9.17, 15) is 9.90 Å². The predicted octanol–water partition coefficient (Wildman–Crippen LogP) is 0.960. The van der Waals surface area contributed by atoms with Crippen molar-refractivity contribution in [1.29, 1.82) is 0 Å². The molecule has 1 saturated carbocycles. The smallest absolute Gasteiger partial charge is 0.220 e. The molecule has 0 spiro atoms. The Labute approximate surface area is 97.0 Å². The highest BCUT2D eigenvalue weighted by Crippen LogP contribution is 2.27. The van der Waals surface area contributed by atoms with Crippen LogP contribution in [-0.2, 0) is 4.79 Å². The van der Waals surface area contributed by atoms with E-state index in [1.807, 2.05) is 0 Å². The molecule has 1 rings (SSSR count). The van der Waals surface area contributed by atoms with Gasteiger partial charge in [-0.3, -0.25) is 4.79 Å². The maximum atomic E-state index is 11.4. The van der Waals surface area contributed by atoms with Crippen LogP contribution in [0.5, 0.6) is 0 Å². The Morgan fingerprint density at radius 1 is 1.19 bits per heavy atom. The summed E-state index contributed by atoms with van der Waals surface area (Å²) in [6, 6.07) is 0. The molecule has 0 bridgehead atoms. The number of carbonyl (C=O) groups excluding carboxylic acids is 1. The Balaban J connectivity index is 2.14. The molecule has 94 valence electrons. The highest BCUT2D eigenvalue weighted by molar-refractivity contribution is 5.75. The summed E-state index contributed by atoms with van der Waals surface area (Å²) in [7, 11) is 0. The maximum absolute atomic E-state index is 11.4. The lowest BCUT2D eigenvalue weighted by Crippen LogP contribution is -2.44. The predicted molar refractivity (Wildman–Crippen MR) is 62.0 cm³/mol. The minimum atomic E-state index is -0.676. The molecule has 3 N–H and O–H groups in total. The SMILES string of the molecule is O=C(CCCCO)NCC1(O)CCCCC1. The quantitative estimate of drug-likeness (QED) is 0.594. The van der Waals surface area contributed by atoms with Gasteiger partial charge < -0.3 is 15.5 Å². The molecule has 0 aromatic carbocycles. The molecule has 1 fully saturated rings. The maximum Gasteiger partial charge on any atom is 0.220 e. The molecule has 0 radical (unpaired) electrons. The molecule has 0 atom stereocenters. The number of hydrogen-bond donors (Lipinski definition) is 3. The fourth-order valence-corrected chi connectivity index (χ4v) is 2.14. The summed E-state index contributed by atoms with van der Waals surface area (Å²) < 4.78 is 0. The Morgan fingerprint density at radius 2 is 1.88 bits per heavy atom. The molecule has 0 unspecified atom stereocenters. The average Bonchev–Trinajstić information content (AvgIpc) is 2.28. The highest BCUT2D eigenvalue weighted by Gasteiger charge is 2.29. The Hall–Kier alpha value is -0.610. The number of aliphatic hydroxyl groups excluding tert-OH is 1. The third-order valence-corrected chi connectivity index (χ3v) is 3.21. The minimum Gasteiger partial charge on any atom is -0.396 e. The largest absolute Gasteiger partial charge is 0.396 e. The van der Waals surface area contributed by atoms with Crippen molar-refractivity contribution in [1.82, 2.24) is 5.32 Å². The molecule has 16 heavy (non-hydrogen) atoms. The van der Waals surface area contributed by atoms with E-state index >= 15 is 0 Å². The van der Waals surface area contributed by atoms with Gasteiger partial charge in [-0.15, -0.1) is 0 Å². The molecular formula is C12H23NO3. The van der Waals surface area contributed by atoms with Gasteiger partial charge in [0.05, 0.1) is 5.60 Å². The third-order valence-electron chi connectivity index (χ3n) is 3.21. The lowest BCUT2D eigenvalue weighted by molar-refractivity contribution is -0.122. The van der Waals surface area contributed by atoms with Gasteiger partial charge in [-0.25, -0.2) is 0 Å². The molecule has 0 saturated heterocycles. The van der Waals surface area contributed by atoms with Crippen LogP contribution in [0, 0.1) is 0 Å². The first-order valence-corrected chi connectivity index (χ1v) is 6.26. The number of unbranched alkanes of at least 4 members (excludes halogenated alkanes) is 1. The standard InChI is InChI=1S/C12H23NO3/c14-9-5-2-6-11(15)13-10-12(16)7-3-1-4-8-12/h14,16H,1-10H2,(H,13,15). The van der Waals surface area contributed by atoms with Crippen molar-refractivity contribution >= 4 is 5.91 Å². The molecule has 1 aliphatic rings. The van der Waals surface area contributed by atoms with Crippen molar-refractivity contribution in [3.8, 4) is 0 Å². The highest BCUT2D eigenvalue weighted by atomic mass is 16.3. The zero-order valence-corrected chi connectivity index (χ0v) is 9.87. The molecule has 4 nitrogen and oxygen atoms in total. The number of carbonyl (C=O) groups is 1. The van der Waals surface area contributed by atoms with E-state index in [1.54, 1.807) is 0 Å². The van der Waals surface area contributed by atoms with Gasteiger partial charge in [0.1, 0.15) is 0 Å². The van der Waals surface area contributed by atoms with Gasteiger partial charge in [-0.05, 0) is 25.7 Å². The Kier molecular flexibility index (Phi) is 5.77. The van der Waals surface area contributed by atoms with E-state index in [4.69, 9.17) is 5.11 Å². The van der Waals surface area contributed by atoms with E-state index < -0.39 is 5.60 Å². The number of aliphatic hydroxyl groups is 2.